The van der Waals surface area contributed by atoms with E-state index in [-0.39, 0.29) is 0 Å². The third-order valence-electron chi connectivity index (χ3n) is 2.67. The molecule has 1 heterocycles. The van der Waals surface area contributed by atoms with Crippen LogP contribution in [-0.2, 0) is 19.9 Å². The highest BCUT2D eigenvalue weighted by Gasteiger charge is 2.11. The molecule has 0 aliphatic rings. The molecular formula is C13H15Cl2N3O. The van der Waals surface area contributed by atoms with E-state index in [1.807, 2.05) is 26.2 Å². The third kappa shape index (κ3) is 3.61. The van der Waals surface area contributed by atoms with Crippen molar-refractivity contribution in [2.45, 2.75) is 19.8 Å². The minimum absolute atomic E-state index is 0.545. The second-order valence-electron chi connectivity index (χ2n) is 4.19. The highest BCUT2D eigenvalue weighted by Crippen LogP contribution is 2.33. The van der Waals surface area contributed by atoms with Crippen molar-refractivity contribution in [3.8, 4) is 5.75 Å². The molecule has 0 amide bonds. The first-order valence-corrected chi connectivity index (χ1v) is 6.81. The van der Waals surface area contributed by atoms with Gasteiger partial charge in [0.2, 0.25) is 0 Å². The van der Waals surface area contributed by atoms with Crippen molar-refractivity contribution in [2.24, 2.45) is 7.05 Å². The maximum absolute atomic E-state index is 6.16. The van der Waals surface area contributed by atoms with E-state index in [4.69, 9.17) is 27.9 Å². The Hall–Kier alpha value is -1.26. The highest BCUT2D eigenvalue weighted by atomic mass is 35.5. The number of ether oxygens (including phenoxy) is 1. The van der Waals surface area contributed by atoms with Gasteiger partial charge in [-0.15, -0.1) is 5.10 Å². The molecule has 19 heavy (non-hydrogen) atoms. The molecule has 102 valence electrons. The van der Waals surface area contributed by atoms with Gasteiger partial charge in [-0.2, -0.15) is 0 Å². The molecule has 4 nitrogen and oxygen atoms in total. The Kier molecular flexibility index (Phi) is 4.66. The summed E-state index contributed by atoms with van der Waals surface area (Å²) in [7, 11) is 1.85. The monoisotopic (exact) mass is 299 g/mol. The second kappa shape index (κ2) is 6.26. The fourth-order valence-corrected chi connectivity index (χ4v) is 2.47. The Morgan fingerprint density at radius 3 is 2.68 bits per heavy atom. The molecule has 0 radical (unpaired) electrons. The molecule has 0 bridgehead atoms. The zero-order valence-corrected chi connectivity index (χ0v) is 12.4. The van der Waals surface area contributed by atoms with Crippen LogP contribution in [0.4, 0.5) is 0 Å². The van der Waals surface area contributed by atoms with Gasteiger partial charge in [0.15, 0.2) is 0 Å². The molecule has 0 atom stereocenters. The fourth-order valence-electron chi connectivity index (χ4n) is 1.88. The molecule has 2 rings (SSSR count). The minimum Gasteiger partial charge on any atom is -0.492 e. The zero-order valence-electron chi connectivity index (χ0n) is 10.9. The number of rotatable bonds is 5. The molecule has 2 aromatic rings. The molecule has 0 fully saturated rings. The van der Waals surface area contributed by atoms with E-state index in [1.165, 1.54) is 0 Å². The Morgan fingerprint density at radius 1 is 1.26 bits per heavy atom. The van der Waals surface area contributed by atoms with Crippen LogP contribution in [0.1, 0.15) is 18.2 Å². The van der Waals surface area contributed by atoms with E-state index < -0.39 is 0 Å². The van der Waals surface area contributed by atoms with Gasteiger partial charge in [0, 0.05) is 18.3 Å². The molecule has 1 aromatic heterocycles. The van der Waals surface area contributed by atoms with Crippen LogP contribution in [0.2, 0.25) is 10.0 Å². The Bertz CT molecular complexity index is 569. The molecule has 0 aliphatic carbocycles. The highest BCUT2D eigenvalue weighted by molar-refractivity contribution is 6.35. The maximum atomic E-state index is 6.16. The topological polar surface area (TPSA) is 39.9 Å². The Labute approximate surface area is 122 Å². The summed E-state index contributed by atoms with van der Waals surface area (Å²) in [5.41, 5.74) is 1.92. The first-order chi connectivity index (χ1) is 9.10. The van der Waals surface area contributed by atoms with Gasteiger partial charge in [-0.1, -0.05) is 28.4 Å². The van der Waals surface area contributed by atoms with E-state index in [0.717, 1.165) is 24.1 Å². The van der Waals surface area contributed by atoms with Crippen molar-refractivity contribution in [2.75, 3.05) is 6.61 Å². The normalized spacial score (nSPS) is 10.7. The summed E-state index contributed by atoms with van der Waals surface area (Å²) in [4.78, 5) is 0. The number of nitrogens with zero attached hydrogens (tertiary/aromatic N) is 3. The van der Waals surface area contributed by atoms with Gasteiger partial charge < -0.3 is 4.74 Å². The van der Waals surface area contributed by atoms with Gasteiger partial charge in [0.05, 0.1) is 17.3 Å². The van der Waals surface area contributed by atoms with Crippen LogP contribution >= 0.6 is 23.2 Å². The Morgan fingerprint density at radius 2 is 2.05 bits per heavy atom. The lowest BCUT2D eigenvalue weighted by Gasteiger charge is -2.12. The van der Waals surface area contributed by atoms with Crippen molar-refractivity contribution in [1.29, 1.82) is 0 Å². The number of hydrogen-bond acceptors (Lipinski definition) is 3. The molecule has 0 spiro atoms. The summed E-state index contributed by atoms with van der Waals surface area (Å²) in [6.45, 7) is 2.50. The molecule has 0 unspecified atom stereocenters. The lowest BCUT2D eigenvalue weighted by molar-refractivity contribution is 0.336. The maximum Gasteiger partial charge on any atom is 0.141 e. The van der Waals surface area contributed by atoms with E-state index in [9.17, 15) is 0 Å². The van der Waals surface area contributed by atoms with Gasteiger partial charge in [-0.25, -0.2) is 0 Å². The largest absolute Gasteiger partial charge is 0.492 e. The quantitative estimate of drug-likeness (QED) is 0.850. The first-order valence-electron chi connectivity index (χ1n) is 6.06. The minimum atomic E-state index is 0.545. The summed E-state index contributed by atoms with van der Waals surface area (Å²) in [6.07, 6.45) is 3.42. The first kappa shape index (κ1) is 14.2. The van der Waals surface area contributed by atoms with Crippen LogP contribution in [0.5, 0.6) is 5.75 Å². The van der Waals surface area contributed by atoms with Gasteiger partial charge in [0.25, 0.3) is 0 Å². The van der Waals surface area contributed by atoms with Crippen LogP contribution in [-0.4, -0.2) is 21.6 Å². The summed E-state index contributed by atoms with van der Waals surface area (Å²) >= 11 is 12.2. The van der Waals surface area contributed by atoms with E-state index in [0.29, 0.717) is 22.4 Å². The molecular weight excluding hydrogens is 285 g/mol. The molecule has 0 N–H and O–H groups in total. The number of aromatic nitrogens is 3. The smallest absolute Gasteiger partial charge is 0.141 e. The van der Waals surface area contributed by atoms with E-state index >= 15 is 0 Å². The van der Waals surface area contributed by atoms with Gasteiger partial charge in [0.1, 0.15) is 5.75 Å². The Balaban J connectivity index is 2.18. The van der Waals surface area contributed by atoms with E-state index in [1.54, 1.807) is 10.7 Å². The van der Waals surface area contributed by atoms with Crippen LogP contribution in [0.3, 0.4) is 0 Å². The summed E-state index contributed by atoms with van der Waals surface area (Å²) < 4.78 is 7.27. The average molecular weight is 300 g/mol. The van der Waals surface area contributed by atoms with Crippen molar-refractivity contribution in [3.05, 3.63) is 39.6 Å². The molecule has 0 saturated heterocycles. The van der Waals surface area contributed by atoms with Crippen molar-refractivity contribution >= 4 is 23.2 Å². The lowest BCUT2D eigenvalue weighted by atomic mass is 10.1. The van der Waals surface area contributed by atoms with Crippen LogP contribution < -0.4 is 4.74 Å². The summed E-state index contributed by atoms with van der Waals surface area (Å²) in [6, 6.07) is 3.58. The summed E-state index contributed by atoms with van der Waals surface area (Å²) in [5.74, 6) is 0.706. The van der Waals surface area contributed by atoms with Crippen molar-refractivity contribution < 1.29 is 4.74 Å². The number of benzene rings is 1. The predicted molar refractivity (Wildman–Crippen MR) is 76.0 cm³/mol. The predicted octanol–water partition coefficient (Wildman–Crippen LogP) is 3.31. The van der Waals surface area contributed by atoms with Gasteiger partial charge in [-0.05, 0) is 37.5 Å². The lowest BCUT2D eigenvalue weighted by Crippen LogP contribution is -2.00. The fraction of sp³-hybridized carbons (Fsp3) is 0.385. The molecule has 0 aliphatic heterocycles. The summed E-state index contributed by atoms with van der Waals surface area (Å²) in [5, 5.41) is 9.12. The van der Waals surface area contributed by atoms with Crippen LogP contribution in [0, 0.1) is 0 Å². The molecule has 6 heteroatoms. The zero-order chi connectivity index (χ0) is 13.8. The van der Waals surface area contributed by atoms with Crippen molar-refractivity contribution in [1.82, 2.24) is 15.0 Å². The standard InChI is InChI=1S/C13H15Cl2N3O/c1-3-19-13-9(6-10(14)7-12(13)15)4-5-11-8-18(2)17-16-11/h6-8H,3-5H2,1-2H3. The van der Waals surface area contributed by atoms with Crippen molar-refractivity contribution in [3.63, 3.8) is 0 Å². The van der Waals surface area contributed by atoms with Crippen LogP contribution in [0.15, 0.2) is 18.3 Å². The third-order valence-corrected chi connectivity index (χ3v) is 3.17. The van der Waals surface area contributed by atoms with Gasteiger partial charge >= 0.3 is 0 Å². The SMILES string of the molecule is CCOc1c(Cl)cc(Cl)cc1CCc1cn(C)nn1. The average Bonchev–Trinajstić information content (AvgIpc) is 2.76. The number of halogens is 2. The second-order valence-corrected chi connectivity index (χ2v) is 5.04. The van der Waals surface area contributed by atoms with E-state index in [2.05, 4.69) is 10.3 Å². The van der Waals surface area contributed by atoms with Crippen LogP contribution in [0.25, 0.3) is 0 Å². The van der Waals surface area contributed by atoms with Gasteiger partial charge in [-0.3, -0.25) is 4.68 Å². The number of hydrogen-bond donors (Lipinski definition) is 0. The molecule has 1 aromatic carbocycles. The molecule has 0 saturated carbocycles. The number of aryl methyl sites for hydroxylation is 3.